The molecule has 2 aromatic carbocycles. The van der Waals surface area contributed by atoms with Gasteiger partial charge in [0.15, 0.2) is 5.58 Å². The van der Waals surface area contributed by atoms with Gasteiger partial charge < -0.3 is 29.9 Å². The Bertz CT molecular complexity index is 1290. The average Bonchev–Trinajstić information content (AvgIpc) is 3.52. The Hall–Kier alpha value is -4.06. The molecule has 0 aliphatic carbocycles. The molecule has 36 heavy (non-hydrogen) atoms. The zero-order chi connectivity index (χ0) is 25.9. The lowest BCUT2D eigenvalue weighted by molar-refractivity contribution is -0.134. The van der Waals surface area contributed by atoms with E-state index in [1.807, 2.05) is 29.6 Å². The topological polar surface area (TPSA) is 142 Å². The Labute approximate surface area is 209 Å². The first kappa shape index (κ1) is 26.5. The van der Waals surface area contributed by atoms with E-state index in [4.69, 9.17) is 19.5 Å². The summed E-state index contributed by atoms with van der Waals surface area (Å²) in [4.78, 5) is 19.1. The molecular weight excluding hydrogens is 491 g/mol. The third-order valence-corrected chi connectivity index (χ3v) is 5.39. The van der Waals surface area contributed by atoms with Gasteiger partial charge in [-0.2, -0.15) is 11.3 Å². The van der Waals surface area contributed by atoms with Crippen LogP contribution in [0, 0.1) is 5.82 Å². The smallest absolute Gasteiger partial charge is 0.328 e. The van der Waals surface area contributed by atoms with E-state index >= 15 is 0 Å². The van der Waals surface area contributed by atoms with Crippen molar-refractivity contribution in [3.8, 4) is 17.0 Å². The number of aliphatic hydroxyl groups excluding tert-OH is 1. The number of halogens is 1. The lowest BCUT2D eigenvalue weighted by atomic mass is 10.1. The number of rotatable bonds is 10. The molecule has 0 saturated carbocycles. The van der Waals surface area contributed by atoms with Gasteiger partial charge in [-0.1, -0.05) is 5.16 Å². The van der Waals surface area contributed by atoms with Crippen molar-refractivity contribution >= 4 is 34.2 Å². The number of aliphatic hydroxyl groups is 1. The molecule has 0 bridgehead atoms. The largest absolute Gasteiger partial charge is 0.491 e. The highest BCUT2D eigenvalue weighted by Crippen LogP contribution is 2.29. The van der Waals surface area contributed by atoms with Crippen LogP contribution in [0.4, 0.5) is 4.39 Å². The summed E-state index contributed by atoms with van der Waals surface area (Å²) in [5.74, 6) is -2.22. The van der Waals surface area contributed by atoms with Crippen LogP contribution in [0.5, 0.6) is 5.75 Å². The molecule has 4 N–H and O–H groups in total. The van der Waals surface area contributed by atoms with Gasteiger partial charge in [0.2, 0.25) is 0 Å². The molecule has 0 radical (unpaired) electrons. The number of hydrogen-bond acceptors (Lipinski definition) is 8. The van der Waals surface area contributed by atoms with Gasteiger partial charge in [0.25, 0.3) is 0 Å². The van der Waals surface area contributed by atoms with Crippen molar-refractivity contribution in [1.29, 1.82) is 0 Å². The molecule has 0 aliphatic heterocycles. The number of hydrogen-bond donors (Lipinski definition) is 4. The molecule has 4 aromatic rings. The number of thiophene rings is 1. The van der Waals surface area contributed by atoms with Gasteiger partial charge in [0.1, 0.15) is 30.0 Å². The highest BCUT2D eigenvalue weighted by atomic mass is 32.1. The number of nitrogens with zero attached hydrogens (tertiary/aromatic N) is 1. The Morgan fingerprint density at radius 2 is 1.83 bits per heavy atom. The quantitative estimate of drug-likeness (QED) is 0.232. The molecule has 1 atom stereocenters. The molecule has 0 amide bonds. The Balaban J connectivity index is 0.000000392. The molecule has 2 heterocycles. The van der Waals surface area contributed by atoms with E-state index in [-0.39, 0.29) is 12.4 Å². The maximum Gasteiger partial charge on any atom is 0.328 e. The van der Waals surface area contributed by atoms with E-state index in [0.717, 1.165) is 17.5 Å². The molecule has 0 spiro atoms. The number of carboxylic acid groups (broad SMARTS) is 2. The summed E-state index contributed by atoms with van der Waals surface area (Å²) in [5, 5.41) is 37.8. The lowest BCUT2D eigenvalue weighted by Crippen LogP contribution is -2.31. The van der Waals surface area contributed by atoms with E-state index in [1.54, 1.807) is 17.4 Å². The fraction of sp³-hybridized carbons (Fsp3) is 0.160. The molecule has 0 unspecified atom stereocenters. The summed E-state index contributed by atoms with van der Waals surface area (Å²) in [6, 6.07) is 13.7. The summed E-state index contributed by atoms with van der Waals surface area (Å²) < 4.78 is 24.1. The Kier molecular flexibility index (Phi) is 9.69. The standard InChI is InChI=1S/C21H19FN2O3S.C4H4O4/c22-16-3-6-19-20(9-16)27-24-21(19)15-1-4-18(5-2-15)26-12-17(25)11-23-10-14-7-8-28-13-14;5-3(6)1-2-4(7)8/h1-9,13,17,23,25H,10-12H2;1-2H,(H,5,6)(H,7,8)/t17-;/m0./s1. The summed E-state index contributed by atoms with van der Waals surface area (Å²) >= 11 is 1.65. The van der Waals surface area contributed by atoms with Gasteiger partial charge in [0.05, 0.1) is 0 Å². The zero-order valence-electron chi connectivity index (χ0n) is 18.8. The summed E-state index contributed by atoms with van der Waals surface area (Å²) in [6.07, 6.45) is 0.512. The van der Waals surface area contributed by atoms with Crippen molar-refractivity contribution in [3.05, 3.63) is 82.8 Å². The Morgan fingerprint density at radius 1 is 1.11 bits per heavy atom. The molecule has 0 aliphatic rings. The molecule has 0 saturated heterocycles. The van der Waals surface area contributed by atoms with Gasteiger partial charge in [-0.25, -0.2) is 14.0 Å². The van der Waals surface area contributed by atoms with Crippen LogP contribution < -0.4 is 10.1 Å². The van der Waals surface area contributed by atoms with Gasteiger partial charge in [0, 0.05) is 42.3 Å². The minimum absolute atomic E-state index is 0.197. The number of aliphatic carboxylic acids is 2. The summed E-state index contributed by atoms with van der Waals surface area (Å²) in [6.45, 7) is 1.38. The van der Waals surface area contributed by atoms with E-state index < -0.39 is 18.0 Å². The average molecular weight is 515 g/mol. The van der Waals surface area contributed by atoms with Crippen LogP contribution in [-0.2, 0) is 16.1 Å². The van der Waals surface area contributed by atoms with Gasteiger partial charge in [-0.15, -0.1) is 0 Å². The molecule has 0 fully saturated rings. The normalized spacial score (nSPS) is 11.7. The first-order valence-corrected chi connectivity index (χ1v) is 11.6. The van der Waals surface area contributed by atoms with Gasteiger partial charge in [-0.3, -0.25) is 0 Å². The van der Waals surface area contributed by atoms with Crippen LogP contribution >= 0.6 is 11.3 Å². The third-order valence-electron chi connectivity index (χ3n) is 4.66. The number of carbonyl (C=O) groups is 2. The van der Waals surface area contributed by atoms with Crippen LogP contribution in [-0.4, -0.2) is 51.7 Å². The second kappa shape index (κ2) is 13.1. The van der Waals surface area contributed by atoms with Crippen molar-refractivity contribution in [2.45, 2.75) is 12.6 Å². The van der Waals surface area contributed by atoms with Crippen molar-refractivity contribution in [3.63, 3.8) is 0 Å². The van der Waals surface area contributed by atoms with E-state index in [0.29, 0.717) is 35.7 Å². The van der Waals surface area contributed by atoms with Crippen molar-refractivity contribution in [2.75, 3.05) is 13.2 Å². The van der Waals surface area contributed by atoms with Crippen LogP contribution in [0.15, 0.2) is 76.0 Å². The fourth-order valence-electron chi connectivity index (χ4n) is 3.00. The lowest BCUT2D eigenvalue weighted by Gasteiger charge is -2.13. The molecule has 11 heteroatoms. The zero-order valence-corrected chi connectivity index (χ0v) is 19.7. The first-order valence-electron chi connectivity index (χ1n) is 10.6. The number of benzene rings is 2. The van der Waals surface area contributed by atoms with Crippen molar-refractivity contribution in [2.24, 2.45) is 0 Å². The predicted molar refractivity (Wildman–Crippen MR) is 131 cm³/mol. The maximum atomic E-state index is 13.3. The molecular formula is C25H23FN2O7S. The van der Waals surface area contributed by atoms with Crippen molar-refractivity contribution < 1.29 is 38.6 Å². The predicted octanol–water partition coefficient (Wildman–Crippen LogP) is 3.94. The van der Waals surface area contributed by atoms with E-state index in [1.165, 1.54) is 17.7 Å². The fourth-order valence-corrected chi connectivity index (χ4v) is 3.67. The highest BCUT2D eigenvalue weighted by molar-refractivity contribution is 7.07. The number of carboxylic acids is 2. The van der Waals surface area contributed by atoms with Crippen LogP contribution in [0.2, 0.25) is 0 Å². The van der Waals surface area contributed by atoms with Crippen LogP contribution in [0.3, 0.4) is 0 Å². The van der Waals surface area contributed by atoms with Gasteiger partial charge in [-0.05, 0) is 58.8 Å². The van der Waals surface area contributed by atoms with Gasteiger partial charge >= 0.3 is 11.9 Å². The number of ether oxygens (including phenoxy) is 1. The monoisotopic (exact) mass is 514 g/mol. The summed E-state index contributed by atoms with van der Waals surface area (Å²) in [5.41, 5.74) is 3.11. The summed E-state index contributed by atoms with van der Waals surface area (Å²) in [7, 11) is 0. The minimum Gasteiger partial charge on any atom is -0.491 e. The van der Waals surface area contributed by atoms with E-state index in [9.17, 15) is 19.1 Å². The number of nitrogens with one attached hydrogen (secondary N) is 1. The second-order valence-corrected chi connectivity index (χ2v) is 8.21. The molecule has 2 aromatic heterocycles. The Morgan fingerprint density at radius 3 is 2.47 bits per heavy atom. The highest BCUT2D eigenvalue weighted by Gasteiger charge is 2.12. The van der Waals surface area contributed by atoms with Crippen molar-refractivity contribution in [1.82, 2.24) is 10.5 Å². The number of fused-ring (bicyclic) bond motifs is 1. The second-order valence-electron chi connectivity index (χ2n) is 7.43. The first-order chi connectivity index (χ1) is 17.3. The van der Waals surface area contributed by atoms with E-state index in [2.05, 4.69) is 21.9 Å². The molecule has 9 nitrogen and oxygen atoms in total. The number of aromatic nitrogens is 1. The SMILES string of the molecule is O=C(O)C=CC(=O)O.O[C@@H](CNCc1ccsc1)COc1ccc(-c2noc3cc(F)ccc23)cc1. The van der Waals surface area contributed by atoms with Crippen LogP contribution in [0.25, 0.3) is 22.2 Å². The maximum absolute atomic E-state index is 13.3. The molecule has 4 rings (SSSR count). The molecule has 188 valence electrons. The third kappa shape index (κ3) is 8.31. The van der Waals surface area contributed by atoms with Crippen LogP contribution in [0.1, 0.15) is 5.56 Å². The minimum atomic E-state index is -1.26.